The summed E-state index contributed by atoms with van der Waals surface area (Å²) < 4.78 is 37.7. The zero-order chi connectivity index (χ0) is 43.8. The van der Waals surface area contributed by atoms with Crippen LogP contribution in [0.4, 0.5) is 0 Å². The van der Waals surface area contributed by atoms with Gasteiger partial charge in [-0.05, 0) is 95.0 Å². The quantitative estimate of drug-likeness (QED) is 0.0919. The molecule has 59 heavy (non-hydrogen) atoms. The standard InChI is InChI=1S/C53H51BN4O/c1-33-23-35(3)51(36(4)24-33)54(52-37(5)25-34(2)26-38(52)6)40-28-41(57-32-56(10)47-17-13-14-18-48(47)57)30-43(29-40)59-42-19-20-45-44-15-11-12-16-46(44)58(49(45)31-42)50-27-39(21-22-55-50)53(7,8)9/h11-31H,1-10H3/i10D3. The number of benzene rings is 6. The Bertz CT molecular complexity index is 3120. The number of nitrogens with zero attached hydrogens (tertiary/aromatic N) is 4. The average molecular weight is 774 g/mol. The van der Waals surface area contributed by atoms with Crippen LogP contribution in [0.15, 0.2) is 128 Å². The fourth-order valence-electron chi connectivity index (χ4n) is 9.38. The lowest BCUT2D eigenvalue weighted by Gasteiger charge is -2.26. The van der Waals surface area contributed by atoms with Gasteiger partial charge in [-0.15, -0.1) is 0 Å². The van der Waals surface area contributed by atoms with Gasteiger partial charge in [0.1, 0.15) is 17.3 Å². The fourth-order valence-corrected chi connectivity index (χ4v) is 9.38. The minimum absolute atomic E-state index is 0.0537. The first-order valence-electron chi connectivity index (χ1n) is 21.9. The van der Waals surface area contributed by atoms with Crippen LogP contribution in [0.1, 0.15) is 63.8 Å². The Labute approximate surface area is 352 Å². The normalized spacial score (nSPS) is 12.9. The van der Waals surface area contributed by atoms with Gasteiger partial charge in [0.2, 0.25) is 13.0 Å². The molecule has 3 heterocycles. The number of fused-ring (bicyclic) bond motifs is 4. The second-order valence-electron chi connectivity index (χ2n) is 17.4. The Morgan fingerprint density at radius 1 is 0.644 bits per heavy atom. The molecule has 0 aliphatic rings. The van der Waals surface area contributed by atoms with Crippen LogP contribution in [-0.2, 0) is 12.4 Å². The number of rotatable bonds is 7. The minimum Gasteiger partial charge on any atom is -0.458 e. The van der Waals surface area contributed by atoms with E-state index in [0.717, 1.165) is 44.3 Å². The number of pyridine rings is 1. The van der Waals surface area contributed by atoms with Crippen molar-refractivity contribution in [1.82, 2.24) is 14.1 Å². The summed E-state index contributed by atoms with van der Waals surface area (Å²) in [6.45, 7) is 17.2. The molecule has 9 rings (SSSR count). The summed E-state index contributed by atoms with van der Waals surface area (Å²) in [5.41, 5.74) is 16.0. The maximum absolute atomic E-state index is 8.43. The number of aromatic nitrogens is 4. The Morgan fingerprint density at radius 2 is 1.27 bits per heavy atom. The van der Waals surface area contributed by atoms with E-state index < -0.39 is 6.98 Å². The van der Waals surface area contributed by atoms with Gasteiger partial charge in [-0.2, -0.15) is 0 Å². The van der Waals surface area contributed by atoms with Crippen LogP contribution in [0.2, 0.25) is 0 Å². The van der Waals surface area contributed by atoms with E-state index in [4.69, 9.17) is 13.8 Å². The van der Waals surface area contributed by atoms with E-state index in [-0.39, 0.29) is 12.1 Å². The summed E-state index contributed by atoms with van der Waals surface area (Å²) in [6, 6.07) is 41.9. The predicted octanol–water partition coefficient (Wildman–Crippen LogP) is 10.2. The maximum atomic E-state index is 8.43. The van der Waals surface area contributed by atoms with Gasteiger partial charge in [-0.3, -0.25) is 4.57 Å². The molecular weight excluding hydrogens is 719 g/mol. The van der Waals surface area contributed by atoms with Gasteiger partial charge in [0.25, 0.3) is 0 Å². The summed E-state index contributed by atoms with van der Waals surface area (Å²) in [5.74, 6) is 2.13. The second-order valence-corrected chi connectivity index (χ2v) is 17.4. The predicted molar refractivity (Wildman–Crippen MR) is 247 cm³/mol. The van der Waals surface area contributed by atoms with Gasteiger partial charge in [-0.1, -0.05) is 143 Å². The van der Waals surface area contributed by atoms with Crippen LogP contribution in [0.3, 0.4) is 0 Å². The first-order chi connectivity index (χ1) is 29.5. The molecule has 0 N–H and O–H groups in total. The van der Waals surface area contributed by atoms with Crippen molar-refractivity contribution >= 4 is 55.9 Å². The van der Waals surface area contributed by atoms with E-state index in [1.54, 1.807) is 0 Å². The summed E-state index contributed by atoms with van der Waals surface area (Å²) in [5, 5.41) is 2.23. The Hall–Kier alpha value is -6.40. The number of imidazole rings is 1. The SMILES string of the molecule is [2H]C([2H])([2H])[n+]1[c-]n(-c2cc(Oc3ccc4c5ccccc5n(-c5cc(C(C)(C)C)ccn5)c4c3)cc(B(c3c(C)cc(C)cc3C)c3c(C)cc(C)cc3C)c2)c2ccccc21. The molecule has 6 heteroatoms. The zero-order valence-corrected chi connectivity index (χ0v) is 35.4. The lowest BCUT2D eigenvalue weighted by Crippen LogP contribution is -2.56. The highest BCUT2D eigenvalue weighted by atomic mass is 16.5. The lowest BCUT2D eigenvalue weighted by atomic mass is 9.34. The molecule has 0 amide bonds. The first kappa shape index (κ1) is 34.6. The Balaban J connectivity index is 1.30. The molecule has 0 aliphatic heterocycles. The van der Waals surface area contributed by atoms with Crippen molar-refractivity contribution in [2.24, 2.45) is 6.98 Å². The highest BCUT2D eigenvalue weighted by Crippen LogP contribution is 2.36. The van der Waals surface area contributed by atoms with Crippen molar-refractivity contribution in [3.63, 3.8) is 0 Å². The van der Waals surface area contributed by atoms with Crippen molar-refractivity contribution in [1.29, 1.82) is 0 Å². The molecule has 0 saturated heterocycles. The molecule has 6 aromatic carbocycles. The Morgan fingerprint density at radius 3 is 1.93 bits per heavy atom. The second kappa shape index (κ2) is 14.5. The highest BCUT2D eigenvalue weighted by molar-refractivity contribution is 6.96. The van der Waals surface area contributed by atoms with Gasteiger partial charge < -0.3 is 13.9 Å². The molecule has 0 fully saturated rings. The van der Waals surface area contributed by atoms with E-state index in [1.165, 1.54) is 54.4 Å². The van der Waals surface area contributed by atoms with E-state index in [0.29, 0.717) is 17.0 Å². The van der Waals surface area contributed by atoms with E-state index >= 15 is 0 Å². The third-order valence-corrected chi connectivity index (χ3v) is 11.8. The lowest BCUT2D eigenvalue weighted by molar-refractivity contribution is -0.649. The van der Waals surface area contributed by atoms with Gasteiger partial charge in [0, 0.05) is 23.0 Å². The molecule has 0 saturated carbocycles. The molecule has 0 unspecified atom stereocenters. The van der Waals surface area contributed by atoms with Crippen molar-refractivity contribution in [3.05, 3.63) is 173 Å². The molecule has 9 aromatic rings. The number of hydrogen-bond donors (Lipinski definition) is 0. The van der Waals surface area contributed by atoms with Crippen molar-refractivity contribution in [2.45, 2.75) is 67.7 Å². The van der Waals surface area contributed by atoms with Crippen molar-refractivity contribution in [3.8, 4) is 23.0 Å². The topological polar surface area (TPSA) is 35.9 Å². The van der Waals surface area contributed by atoms with Gasteiger partial charge in [0.05, 0.1) is 38.8 Å². The molecule has 0 atom stereocenters. The monoisotopic (exact) mass is 773 g/mol. The van der Waals surface area contributed by atoms with Crippen LogP contribution in [0, 0.1) is 47.9 Å². The van der Waals surface area contributed by atoms with Crippen molar-refractivity contribution < 1.29 is 13.4 Å². The van der Waals surface area contributed by atoms with E-state index in [1.807, 2.05) is 47.2 Å². The molecule has 292 valence electrons. The molecule has 3 aromatic heterocycles. The maximum Gasteiger partial charge on any atom is 0.244 e. The first-order valence-corrected chi connectivity index (χ1v) is 20.4. The van der Waals surface area contributed by atoms with Crippen LogP contribution in [-0.4, -0.2) is 20.8 Å². The summed E-state index contributed by atoms with van der Waals surface area (Å²) in [4.78, 5) is 4.90. The van der Waals surface area contributed by atoms with Crippen LogP contribution in [0.5, 0.6) is 11.5 Å². The molecule has 5 nitrogen and oxygen atoms in total. The smallest absolute Gasteiger partial charge is 0.244 e. The summed E-state index contributed by atoms with van der Waals surface area (Å²) in [6.07, 6.45) is 5.12. The zero-order valence-electron chi connectivity index (χ0n) is 38.4. The number of hydrogen-bond acceptors (Lipinski definition) is 2. The molecule has 0 aliphatic carbocycles. The van der Waals surface area contributed by atoms with Crippen molar-refractivity contribution in [2.75, 3.05) is 0 Å². The van der Waals surface area contributed by atoms with Crippen LogP contribution >= 0.6 is 0 Å². The molecule has 0 spiro atoms. The summed E-state index contributed by atoms with van der Waals surface area (Å²) >= 11 is 0. The van der Waals surface area contributed by atoms with Crippen LogP contribution < -0.4 is 25.7 Å². The van der Waals surface area contributed by atoms with Gasteiger partial charge in [0.15, 0.2) is 0 Å². The third-order valence-electron chi connectivity index (χ3n) is 11.8. The van der Waals surface area contributed by atoms with E-state index in [2.05, 4.69) is 158 Å². The largest absolute Gasteiger partial charge is 0.458 e. The minimum atomic E-state index is -2.44. The van der Waals surface area contributed by atoms with Crippen LogP contribution in [0.25, 0.3) is 44.3 Å². The average Bonchev–Trinajstić information content (AvgIpc) is 3.76. The molecular formula is C53H51BN4O. The summed E-state index contributed by atoms with van der Waals surface area (Å²) in [7, 11) is 0. The highest BCUT2D eigenvalue weighted by Gasteiger charge is 2.30. The number of ether oxygens (including phenoxy) is 1. The fraction of sp³-hybridized carbons (Fsp3) is 0.208. The van der Waals surface area contributed by atoms with Gasteiger partial charge in [-0.25, -0.2) is 4.98 Å². The number of para-hydroxylation sites is 3. The van der Waals surface area contributed by atoms with Gasteiger partial charge >= 0.3 is 0 Å². The van der Waals surface area contributed by atoms with E-state index in [9.17, 15) is 0 Å². The number of aryl methyl sites for hydroxylation is 7. The molecule has 0 radical (unpaired) electrons. The molecule has 0 bridgehead atoms. The Kier molecular flexibility index (Phi) is 8.49. The third kappa shape index (κ3) is 6.80.